The average Bonchev–Trinajstić information content (AvgIpc) is 3.14. The maximum atomic E-state index is 12.2. The van der Waals surface area contributed by atoms with E-state index in [-0.39, 0.29) is 24.3 Å². The van der Waals surface area contributed by atoms with Crippen molar-refractivity contribution in [3.8, 4) is 11.8 Å². The van der Waals surface area contributed by atoms with Crippen LogP contribution in [0.2, 0.25) is 0 Å². The molecule has 1 aromatic carbocycles. The molecule has 6 nitrogen and oxygen atoms in total. The van der Waals surface area contributed by atoms with Crippen molar-refractivity contribution in [2.75, 3.05) is 13.1 Å². The van der Waals surface area contributed by atoms with Crippen LogP contribution >= 0.6 is 0 Å². The second-order valence-corrected chi connectivity index (χ2v) is 5.93. The van der Waals surface area contributed by atoms with Gasteiger partial charge in [-0.3, -0.25) is 9.59 Å². The molecule has 6 heteroatoms. The zero-order valence-electron chi connectivity index (χ0n) is 14.2. The van der Waals surface area contributed by atoms with Crippen LogP contribution in [0.25, 0.3) is 5.69 Å². The van der Waals surface area contributed by atoms with E-state index in [4.69, 9.17) is 5.26 Å². The van der Waals surface area contributed by atoms with Crippen LogP contribution in [0.3, 0.4) is 0 Å². The van der Waals surface area contributed by atoms with Gasteiger partial charge in [-0.1, -0.05) is 6.92 Å². The van der Waals surface area contributed by atoms with E-state index < -0.39 is 0 Å². The zero-order chi connectivity index (χ0) is 18.1. The molecule has 25 heavy (non-hydrogen) atoms. The van der Waals surface area contributed by atoms with Crippen LogP contribution in [-0.2, 0) is 4.79 Å². The minimum atomic E-state index is -0.138. The molecule has 0 aliphatic carbocycles. The molecule has 130 valence electrons. The Bertz CT molecular complexity index is 730. The van der Waals surface area contributed by atoms with Crippen molar-refractivity contribution in [2.24, 2.45) is 5.92 Å². The second-order valence-electron chi connectivity index (χ2n) is 5.93. The molecule has 0 fully saturated rings. The van der Waals surface area contributed by atoms with Crippen LogP contribution in [0, 0.1) is 17.2 Å². The number of carbonyl (C=O) groups is 2. The summed E-state index contributed by atoms with van der Waals surface area (Å²) in [6.07, 6.45) is 4.95. The first-order chi connectivity index (χ1) is 12.1. The van der Waals surface area contributed by atoms with Gasteiger partial charge in [0.1, 0.15) is 6.54 Å². The van der Waals surface area contributed by atoms with Gasteiger partial charge in [0.25, 0.3) is 5.91 Å². The number of hydrogen-bond donors (Lipinski definition) is 2. The Morgan fingerprint density at radius 2 is 1.84 bits per heavy atom. The maximum absolute atomic E-state index is 12.2. The fourth-order valence-electron chi connectivity index (χ4n) is 2.45. The summed E-state index contributed by atoms with van der Waals surface area (Å²) in [5.41, 5.74) is 1.61. The molecule has 0 bridgehead atoms. The number of hydrogen-bond acceptors (Lipinski definition) is 3. The first kappa shape index (κ1) is 18.3. The number of carbonyl (C=O) groups excluding carboxylic acids is 2. The molecule has 0 saturated carbocycles. The van der Waals surface area contributed by atoms with Gasteiger partial charge < -0.3 is 15.2 Å². The van der Waals surface area contributed by atoms with Crippen molar-refractivity contribution in [3.63, 3.8) is 0 Å². The molecule has 0 spiro atoms. The van der Waals surface area contributed by atoms with Gasteiger partial charge in [0.2, 0.25) is 5.91 Å². The average molecular weight is 338 g/mol. The number of rotatable bonds is 8. The zero-order valence-corrected chi connectivity index (χ0v) is 14.2. The molecule has 2 rings (SSSR count). The molecule has 0 aliphatic heterocycles. The SMILES string of the molecule is CC(CCNC(=O)c1ccc(-n2cccc2)cc1)CC(=O)NCC#N. The normalized spacial score (nSPS) is 11.4. The summed E-state index contributed by atoms with van der Waals surface area (Å²) in [5.74, 6) is -0.128. The summed E-state index contributed by atoms with van der Waals surface area (Å²) in [7, 11) is 0. The van der Waals surface area contributed by atoms with E-state index in [0.29, 0.717) is 24.9 Å². The lowest BCUT2D eigenvalue weighted by molar-refractivity contribution is -0.121. The summed E-state index contributed by atoms with van der Waals surface area (Å²) < 4.78 is 1.97. The smallest absolute Gasteiger partial charge is 0.251 e. The Kier molecular flexibility index (Phi) is 6.78. The van der Waals surface area contributed by atoms with E-state index in [1.807, 2.05) is 54.2 Å². The van der Waals surface area contributed by atoms with Gasteiger partial charge in [-0.15, -0.1) is 0 Å². The van der Waals surface area contributed by atoms with Gasteiger partial charge in [0, 0.05) is 36.6 Å². The third-order valence-corrected chi connectivity index (χ3v) is 3.85. The predicted molar refractivity (Wildman–Crippen MR) is 95.1 cm³/mol. The van der Waals surface area contributed by atoms with Crippen LogP contribution < -0.4 is 10.6 Å². The fraction of sp³-hybridized carbons (Fsp3) is 0.316. The molecule has 1 aromatic heterocycles. The molecule has 0 aliphatic rings. The molecule has 2 amide bonds. The van der Waals surface area contributed by atoms with E-state index in [1.165, 1.54) is 0 Å². The van der Waals surface area contributed by atoms with E-state index in [9.17, 15) is 9.59 Å². The molecular weight excluding hydrogens is 316 g/mol. The Balaban J connectivity index is 1.75. The summed E-state index contributed by atoms with van der Waals surface area (Å²) in [5, 5.41) is 13.8. The van der Waals surface area contributed by atoms with Gasteiger partial charge in [-0.25, -0.2) is 0 Å². The number of benzene rings is 1. The summed E-state index contributed by atoms with van der Waals surface area (Å²) in [4.78, 5) is 23.7. The number of aromatic nitrogens is 1. The van der Waals surface area contributed by atoms with Crippen molar-refractivity contribution in [1.29, 1.82) is 5.26 Å². The standard InChI is InChI=1S/C19H22N4O2/c1-15(14-18(24)21-11-9-20)8-10-22-19(25)16-4-6-17(7-5-16)23-12-2-3-13-23/h2-7,12-13,15H,8,10-11,14H2,1H3,(H,21,24)(H,22,25). The highest BCUT2D eigenvalue weighted by Gasteiger charge is 2.10. The molecule has 2 N–H and O–H groups in total. The van der Waals surface area contributed by atoms with Gasteiger partial charge in [-0.05, 0) is 48.7 Å². The summed E-state index contributed by atoms with van der Waals surface area (Å²) in [6, 6.07) is 13.2. The van der Waals surface area contributed by atoms with Crippen LogP contribution in [0.4, 0.5) is 0 Å². The van der Waals surface area contributed by atoms with Gasteiger partial charge in [-0.2, -0.15) is 5.26 Å². The van der Waals surface area contributed by atoms with Gasteiger partial charge >= 0.3 is 0 Å². The van der Waals surface area contributed by atoms with Crippen molar-refractivity contribution >= 4 is 11.8 Å². The Morgan fingerprint density at radius 1 is 1.16 bits per heavy atom. The topological polar surface area (TPSA) is 86.9 Å². The number of nitrogens with one attached hydrogen (secondary N) is 2. The Morgan fingerprint density at radius 3 is 2.48 bits per heavy atom. The van der Waals surface area contributed by atoms with Gasteiger partial charge in [0.15, 0.2) is 0 Å². The highest BCUT2D eigenvalue weighted by Crippen LogP contribution is 2.10. The minimum Gasteiger partial charge on any atom is -0.352 e. The van der Waals surface area contributed by atoms with E-state index in [0.717, 1.165) is 5.69 Å². The lowest BCUT2D eigenvalue weighted by atomic mass is 10.0. The quantitative estimate of drug-likeness (QED) is 0.724. The van der Waals surface area contributed by atoms with Crippen molar-refractivity contribution < 1.29 is 9.59 Å². The van der Waals surface area contributed by atoms with E-state index in [1.54, 1.807) is 12.1 Å². The number of amides is 2. The largest absolute Gasteiger partial charge is 0.352 e. The van der Waals surface area contributed by atoms with Crippen LogP contribution in [0.5, 0.6) is 0 Å². The first-order valence-corrected chi connectivity index (χ1v) is 8.25. The highest BCUT2D eigenvalue weighted by atomic mass is 16.2. The van der Waals surface area contributed by atoms with Crippen LogP contribution in [0.1, 0.15) is 30.1 Å². The summed E-state index contributed by atoms with van der Waals surface area (Å²) >= 11 is 0. The van der Waals surface area contributed by atoms with Crippen LogP contribution in [0.15, 0.2) is 48.8 Å². The lowest BCUT2D eigenvalue weighted by Crippen LogP contribution is -2.28. The molecule has 1 atom stereocenters. The predicted octanol–water partition coefficient (Wildman–Crippen LogP) is 2.26. The van der Waals surface area contributed by atoms with Gasteiger partial charge in [0.05, 0.1) is 6.07 Å². The molecule has 1 heterocycles. The third-order valence-electron chi connectivity index (χ3n) is 3.85. The van der Waals surface area contributed by atoms with Crippen LogP contribution in [-0.4, -0.2) is 29.5 Å². The third kappa shape index (κ3) is 5.81. The second kappa shape index (κ2) is 9.28. The minimum absolute atomic E-state index is 0.0291. The highest BCUT2D eigenvalue weighted by molar-refractivity contribution is 5.94. The lowest BCUT2D eigenvalue weighted by Gasteiger charge is -2.12. The summed E-state index contributed by atoms with van der Waals surface area (Å²) in [6.45, 7) is 2.48. The molecule has 1 unspecified atom stereocenters. The number of nitrogens with zero attached hydrogens (tertiary/aromatic N) is 2. The number of nitriles is 1. The molecule has 0 saturated heterocycles. The maximum Gasteiger partial charge on any atom is 0.251 e. The van der Waals surface area contributed by atoms with E-state index in [2.05, 4.69) is 10.6 Å². The van der Waals surface area contributed by atoms with Crippen molar-refractivity contribution in [1.82, 2.24) is 15.2 Å². The molecule has 2 aromatic rings. The first-order valence-electron chi connectivity index (χ1n) is 8.25. The molecule has 0 radical (unpaired) electrons. The fourth-order valence-corrected chi connectivity index (χ4v) is 2.45. The monoisotopic (exact) mass is 338 g/mol. The van der Waals surface area contributed by atoms with Crippen molar-refractivity contribution in [3.05, 3.63) is 54.4 Å². The van der Waals surface area contributed by atoms with E-state index >= 15 is 0 Å². The molecular formula is C19H22N4O2. The Labute approximate surface area is 147 Å². The Hall–Kier alpha value is -3.07. The van der Waals surface area contributed by atoms with Crippen molar-refractivity contribution in [2.45, 2.75) is 19.8 Å².